The molecule has 2 fully saturated rings. The molecule has 2 aliphatic rings. The highest BCUT2D eigenvalue weighted by molar-refractivity contribution is 5.13. The van der Waals surface area contributed by atoms with Gasteiger partial charge in [0.15, 0.2) is 0 Å². The number of nitriles is 1. The Morgan fingerprint density at radius 3 is 2.62 bits per heavy atom. The highest BCUT2D eigenvalue weighted by Gasteiger charge is 2.47. The van der Waals surface area contributed by atoms with Gasteiger partial charge in [-0.25, -0.2) is 0 Å². The summed E-state index contributed by atoms with van der Waals surface area (Å²) in [6.07, 6.45) is 2.35. The zero-order valence-corrected chi connectivity index (χ0v) is 4.59. The second-order valence-corrected chi connectivity index (χ2v) is 2.61. The average molecular weight is 108 g/mol. The molecule has 3 unspecified atom stereocenters. The van der Waals surface area contributed by atoms with E-state index in [2.05, 4.69) is 11.4 Å². The van der Waals surface area contributed by atoms with Crippen molar-refractivity contribution in [2.24, 2.45) is 5.92 Å². The molecule has 0 aromatic carbocycles. The van der Waals surface area contributed by atoms with E-state index in [1.807, 2.05) is 0 Å². The van der Waals surface area contributed by atoms with Crippen molar-refractivity contribution in [1.82, 2.24) is 5.32 Å². The molecule has 0 spiro atoms. The van der Waals surface area contributed by atoms with Gasteiger partial charge in [0.2, 0.25) is 0 Å². The Morgan fingerprint density at radius 1 is 1.50 bits per heavy atom. The van der Waals surface area contributed by atoms with Crippen molar-refractivity contribution < 1.29 is 0 Å². The van der Waals surface area contributed by atoms with Crippen LogP contribution in [0.25, 0.3) is 0 Å². The first-order valence-corrected chi connectivity index (χ1v) is 3.07. The SMILES string of the molecule is N#CC1CCC2NC12. The normalized spacial score (nSPS) is 50.1. The topological polar surface area (TPSA) is 45.7 Å². The van der Waals surface area contributed by atoms with Gasteiger partial charge in [0.1, 0.15) is 0 Å². The predicted molar refractivity (Wildman–Crippen MR) is 29.0 cm³/mol. The Morgan fingerprint density at radius 2 is 2.38 bits per heavy atom. The summed E-state index contributed by atoms with van der Waals surface area (Å²) >= 11 is 0. The van der Waals surface area contributed by atoms with E-state index in [4.69, 9.17) is 5.26 Å². The van der Waals surface area contributed by atoms with Crippen molar-refractivity contribution in [2.45, 2.75) is 24.9 Å². The lowest BCUT2D eigenvalue weighted by Crippen LogP contribution is -2.04. The largest absolute Gasteiger partial charge is 0.307 e. The van der Waals surface area contributed by atoms with Gasteiger partial charge >= 0.3 is 0 Å². The molecule has 2 nitrogen and oxygen atoms in total. The Hall–Kier alpha value is -0.550. The molecule has 3 atom stereocenters. The number of nitrogens with zero attached hydrogens (tertiary/aromatic N) is 1. The van der Waals surface area contributed by atoms with Gasteiger partial charge in [-0.15, -0.1) is 0 Å². The summed E-state index contributed by atoms with van der Waals surface area (Å²) in [6.45, 7) is 0. The van der Waals surface area contributed by atoms with Crippen LogP contribution in [0.3, 0.4) is 0 Å². The van der Waals surface area contributed by atoms with E-state index in [0.29, 0.717) is 12.0 Å². The van der Waals surface area contributed by atoms with Crippen LogP contribution in [-0.2, 0) is 0 Å². The van der Waals surface area contributed by atoms with Gasteiger partial charge in [0.25, 0.3) is 0 Å². The first kappa shape index (κ1) is 4.34. The number of hydrogen-bond acceptors (Lipinski definition) is 2. The van der Waals surface area contributed by atoms with Crippen LogP contribution in [0.2, 0.25) is 0 Å². The minimum atomic E-state index is 0.333. The molecule has 0 bridgehead atoms. The fourth-order valence-electron chi connectivity index (χ4n) is 1.53. The van der Waals surface area contributed by atoms with Crippen molar-refractivity contribution in [3.8, 4) is 6.07 Å². The van der Waals surface area contributed by atoms with Crippen LogP contribution in [0.5, 0.6) is 0 Å². The number of nitrogens with one attached hydrogen (secondary N) is 1. The molecule has 0 radical (unpaired) electrons. The molecule has 1 saturated heterocycles. The molecule has 2 rings (SSSR count). The molecule has 0 amide bonds. The molecular weight excluding hydrogens is 100 g/mol. The van der Waals surface area contributed by atoms with E-state index < -0.39 is 0 Å². The second-order valence-electron chi connectivity index (χ2n) is 2.61. The van der Waals surface area contributed by atoms with E-state index in [1.54, 1.807) is 0 Å². The fraction of sp³-hybridized carbons (Fsp3) is 0.833. The van der Waals surface area contributed by atoms with Crippen LogP contribution in [0.4, 0.5) is 0 Å². The van der Waals surface area contributed by atoms with Crippen LogP contribution in [0.15, 0.2) is 0 Å². The minimum Gasteiger partial charge on any atom is -0.307 e. The number of hydrogen-bond donors (Lipinski definition) is 1. The van der Waals surface area contributed by atoms with Crippen molar-refractivity contribution in [3.63, 3.8) is 0 Å². The Kier molecular flexibility index (Phi) is 0.671. The van der Waals surface area contributed by atoms with Gasteiger partial charge < -0.3 is 5.32 Å². The van der Waals surface area contributed by atoms with Crippen molar-refractivity contribution in [2.75, 3.05) is 0 Å². The Labute approximate surface area is 48.5 Å². The van der Waals surface area contributed by atoms with E-state index in [1.165, 1.54) is 6.42 Å². The van der Waals surface area contributed by atoms with E-state index >= 15 is 0 Å². The molecule has 0 aromatic rings. The molecule has 1 aliphatic carbocycles. The molecule has 8 heavy (non-hydrogen) atoms. The Bertz CT molecular complexity index is 147. The van der Waals surface area contributed by atoms with Crippen molar-refractivity contribution in [3.05, 3.63) is 0 Å². The molecule has 0 aromatic heterocycles. The van der Waals surface area contributed by atoms with Crippen molar-refractivity contribution >= 4 is 0 Å². The molecular formula is C6H8N2. The quantitative estimate of drug-likeness (QED) is 0.452. The molecule has 1 aliphatic heterocycles. The third kappa shape index (κ3) is 0.399. The highest BCUT2D eigenvalue weighted by atomic mass is 15.2. The lowest BCUT2D eigenvalue weighted by atomic mass is 10.1. The number of piperidine rings is 1. The molecule has 1 saturated carbocycles. The summed E-state index contributed by atoms with van der Waals surface area (Å²) < 4.78 is 0. The zero-order chi connectivity index (χ0) is 5.56. The molecule has 1 N–H and O–H groups in total. The van der Waals surface area contributed by atoms with Gasteiger partial charge in [0.05, 0.1) is 12.0 Å². The van der Waals surface area contributed by atoms with Gasteiger partial charge in [-0.05, 0) is 12.8 Å². The maximum atomic E-state index is 8.47. The van der Waals surface area contributed by atoms with Gasteiger partial charge in [0, 0.05) is 12.1 Å². The predicted octanol–water partition coefficient (Wildman–Crippen LogP) is 0.260. The second kappa shape index (κ2) is 1.24. The average Bonchev–Trinajstić information content (AvgIpc) is 2.46. The standard InChI is InChI=1S/C6H8N2/c7-3-4-1-2-5-6(4)8-5/h4-6,8H,1-2H2. The fourth-order valence-corrected chi connectivity index (χ4v) is 1.53. The lowest BCUT2D eigenvalue weighted by molar-refractivity contribution is 0.628. The monoisotopic (exact) mass is 108 g/mol. The number of fused-ring (bicyclic) bond motifs is 1. The molecule has 42 valence electrons. The van der Waals surface area contributed by atoms with Crippen LogP contribution in [-0.4, -0.2) is 12.1 Å². The maximum Gasteiger partial charge on any atom is 0.0672 e. The zero-order valence-electron chi connectivity index (χ0n) is 4.59. The van der Waals surface area contributed by atoms with Gasteiger partial charge in [-0.3, -0.25) is 0 Å². The highest BCUT2D eigenvalue weighted by Crippen LogP contribution is 2.35. The van der Waals surface area contributed by atoms with Crippen molar-refractivity contribution in [1.29, 1.82) is 5.26 Å². The summed E-state index contributed by atoms with van der Waals surface area (Å²) in [5, 5.41) is 11.7. The molecule has 1 heterocycles. The van der Waals surface area contributed by atoms with E-state index in [-0.39, 0.29) is 0 Å². The van der Waals surface area contributed by atoms with Crippen LogP contribution >= 0.6 is 0 Å². The summed E-state index contributed by atoms with van der Waals surface area (Å²) in [5.74, 6) is 0.333. The lowest BCUT2D eigenvalue weighted by Gasteiger charge is -1.95. The van der Waals surface area contributed by atoms with E-state index in [9.17, 15) is 0 Å². The third-order valence-corrected chi connectivity index (χ3v) is 2.12. The summed E-state index contributed by atoms with van der Waals surface area (Å²) in [7, 11) is 0. The summed E-state index contributed by atoms with van der Waals surface area (Å²) in [5.41, 5.74) is 0. The number of rotatable bonds is 0. The maximum absolute atomic E-state index is 8.47. The first-order valence-electron chi connectivity index (χ1n) is 3.07. The van der Waals surface area contributed by atoms with Crippen LogP contribution in [0, 0.1) is 17.2 Å². The van der Waals surface area contributed by atoms with Gasteiger partial charge in [-0.1, -0.05) is 0 Å². The summed E-state index contributed by atoms with van der Waals surface area (Å²) in [6, 6.07) is 3.60. The van der Waals surface area contributed by atoms with Gasteiger partial charge in [-0.2, -0.15) is 5.26 Å². The third-order valence-electron chi connectivity index (χ3n) is 2.12. The van der Waals surface area contributed by atoms with Crippen LogP contribution in [0.1, 0.15) is 12.8 Å². The van der Waals surface area contributed by atoms with Crippen LogP contribution < -0.4 is 5.32 Å². The van der Waals surface area contributed by atoms with E-state index in [0.717, 1.165) is 12.5 Å². The smallest absolute Gasteiger partial charge is 0.0672 e. The first-order chi connectivity index (χ1) is 3.92. The Balaban J connectivity index is 2.09. The molecule has 2 heteroatoms. The summed E-state index contributed by atoms with van der Waals surface area (Å²) in [4.78, 5) is 0. The minimum absolute atomic E-state index is 0.333.